The van der Waals surface area contributed by atoms with Crippen molar-refractivity contribution >= 4 is 11.7 Å². The Morgan fingerprint density at radius 2 is 2.22 bits per heavy atom. The molecule has 1 aromatic carbocycles. The molecule has 2 N–H and O–H groups in total. The second-order valence-electron chi connectivity index (χ2n) is 5.54. The van der Waals surface area contributed by atoms with Crippen molar-refractivity contribution in [2.24, 2.45) is 4.99 Å². The number of nitrogens with one attached hydrogen (secondary N) is 2. The van der Waals surface area contributed by atoms with Gasteiger partial charge in [-0.1, -0.05) is 12.1 Å². The molecule has 1 atom stereocenters. The van der Waals surface area contributed by atoms with E-state index in [0.29, 0.717) is 17.9 Å². The van der Waals surface area contributed by atoms with E-state index in [4.69, 9.17) is 9.47 Å². The number of nitrogens with zero attached hydrogens (tertiary/aromatic N) is 1. The lowest BCUT2D eigenvalue weighted by Crippen LogP contribution is -2.39. The van der Waals surface area contributed by atoms with Crippen molar-refractivity contribution in [3.63, 3.8) is 0 Å². The van der Waals surface area contributed by atoms with E-state index in [1.54, 1.807) is 18.2 Å². The number of aliphatic imine (C=N–C) groups is 1. The zero-order valence-corrected chi connectivity index (χ0v) is 12.4. The Bertz CT molecular complexity index is 589. The molecule has 1 fully saturated rings. The van der Waals surface area contributed by atoms with Gasteiger partial charge in [0.25, 0.3) is 6.02 Å². The van der Waals surface area contributed by atoms with E-state index in [1.807, 2.05) is 0 Å². The Kier molecular flexibility index (Phi) is 4.61. The summed E-state index contributed by atoms with van der Waals surface area (Å²) in [7, 11) is 0. The summed E-state index contributed by atoms with van der Waals surface area (Å²) in [6.07, 6.45) is 1.60. The van der Waals surface area contributed by atoms with E-state index < -0.39 is 24.9 Å². The fourth-order valence-corrected chi connectivity index (χ4v) is 2.42. The maximum atomic E-state index is 14.4. The first-order valence-electron chi connectivity index (χ1n) is 7.48. The fourth-order valence-electron chi connectivity index (χ4n) is 2.42. The van der Waals surface area contributed by atoms with Crippen molar-refractivity contribution in [3.05, 3.63) is 29.6 Å². The standard InChI is InChI=1S/C15H18F3N3O2/c16-13-10(7-19-14-20-8-15(17,18)9-23-14)3-1-4-11(13)21-12-5-2-6-22-12/h1,3-4,12,21H,2,5-9H2,(H,19,20)/t12-/m1/s1. The Morgan fingerprint density at radius 1 is 1.35 bits per heavy atom. The first kappa shape index (κ1) is 15.9. The summed E-state index contributed by atoms with van der Waals surface area (Å²) >= 11 is 0. The highest BCUT2D eigenvalue weighted by molar-refractivity contribution is 5.74. The topological polar surface area (TPSA) is 54.9 Å². The number of halogens is 3. The Labute approximate surface area is 131 Å². The van der Waals surface area contributed by atoms with Crippen LogP contribution in [0.3, 0.4) is 0 Å². The number of benzene rings is 1. The lowest BCUT2D eigenvalue weighted by Gasteiger charge is -2.22. The average Bonchev–Trinajstić information content (AvgIpc) is 3.02. The Morgan fingerprint density at radius 3 is 2.91 bits per heavy atom. The van der Waals surface area contributed by atoms with Gasteiger partial charge in [0, 0.05) is 18.7 Å². The molecule has 1 saturated heterocycles. The second kappa shape index (κ2) is 6.66. The van der Waals surface area contributed by atoms with Crippen molar-refractivity contribution < 1.29 is 22.6 Å². The first-order valence-corrected chi connectivity index (χ1v) is 7.48. The van der Waals surface area contributed by atoms with Gasteiger partial charge in [-0.15, -0.1) is 0 Å². The molecule has 1 aromatic rings. The molecule has 0 aromatic heterocycles. The molecule has 0 aliphatic carbocycles. The Balaban J connectivity index is 1.60. The summed E-state index contributed by atoms with van der Waals surface area (Å²) in [6.45, 7) is -0.583. The summed E-state index contributed by atoms with van der Waals surface area (Å²) in [6, 6.07) is 4.97. The van der Waals surface area contributed by atoms with Gasteiger partial charge in [0.05, 0.1) is 5.69 Å². The van der Waals surface area contributed by atoms with Gasteiger partial charge in [-0.3, -0.25) is 0 Å². The van der Waals surface area contributed by atoms with Gasteiger partial charge in [0.15, 0.2) is 12.4 Å². The van der Waals surface area contributed by atoms with Crippen LogP contribution in [-0.2, 0) is 16.0 Å². The smallest absolute Gasteiger partial charge is 0.300 e. The van der Waals surface area contributed by atoms with Crippen LogP contribution < -0.4 is 10.6 Å². The van der Waals surface area contributed by atoms with Crippen LogP contribution in [0.5, 0.6) is 0 Å². The summed E-state index contributed by atoms with van der Waals surface area (Å²) in [5, 5.41) is 5.75. The van der Waals surface area contributed by atoms with E-state index >= 15 is 0 Å². The third-order valence-electron chi connectivity index (χ3n) is 3.63. The number of hydrogen-bond donors (Lipinski definition) is 2. The highest BCUT2D eigenvalue weighted by Gasteiger charge is 2.33. The van der Waals surface area contributed by atoms with Gasteiger partial charge in [-0.25, -0.2) is 18.2 Å². The quantitative estimate of drug-likeness (QED) is 0.891. The molecule has 2 heterocycles. The molecule has 0 bridgehead atoms. The van der Waals surface area contributed by atoms with Gasteiger partial charge >= 0.3 is 5.92 Å². The molecular weight excluding hydrogens is 311 g/mol. The lowest BCUT2D eigenvalue weighted by atomic mass is 10.1. The summed E-state index contributed by atoms with van der Waals surface area (Å²) in [5.74, 6) is -3.35. The van der Waals surface area contributed by atoms with Crippen LogP contribution in [0.15, 0.2) is 23.2 Å². The van der Waals surface area contributed by atoms with Gasteiger partial charge in [0.2, 0.25) is 0 Å². The fraction of sp³-hybridized carbons (Fsp3) is 0.533. The predicted molar refractivity (Wildman–Crippen MR) is 79.0 cm³/mol. The van der Waals surface area contributed by atoms with Crippen LogP contribution >= 0.6 is 0 Å². The molecular formula is C15H18F3N3O2. The van der Waals surface area contributed by atoms with Crippen molar-refractivity contribution in [1.82, 2.24) is 5.32 Å². The van der Waals surface area contributed by atoms with Crippen molar-refractivity contribution in [2.45, 2.75) is 31.5 Å². The minimum Gasteiger partial charge on any atom is -0.459 e. The highest BCUT2D eigenvalue weighted by atomic mass is 19.3. The van der Waals surface area contributed by atoms with E-state index in [1.165, 1.54) is 0 Å². The molecule has 2 aliphatic rings. The second-order valence-corrected chi connectivity index (χ2v) is 5.54. The molecule has 126 valence electrons. The number of amidine groups is 1. The van der Waals surface area contributed by atoms with Crippen LogP contribution in [0.2, 0.25) is 0 Å². The summed E-state index contributed by atoms with van der Waals surface area (Å²) < 4.78 is 50.5. The third-order valence-corrected chi connectivity index (χ3v) is 3.63. The molecule has 0 amide bonds. The van der Waals surface area contributed by atoms with E-state index in [9.17, 15) is 13.2 Å². The molecule has 0 radical (unpaired) electrons. The zero-order chi connectivity index (χ0) is 16.3. The number of anilines is 1. The Hall–Kier alpha value is -1.96. The van der Waals surface area contributed by atoms with Gasteiger partial charge in [-0.05, 0) is 18.9 Å². The third kappa shape index (κ3) is 4.07. The molecule has 0 unspecified atom stereocenters. The maximum absolute atomic E-state index is 14.4. The van der Waals surface area contributed by atoms with E-state index in [0.717, 1.165) is 12.8 Å². The van der Waals surface area contributed by atoms with E-state index in [-0.39, 0.29) is 18.8 Å². The summed E-state index contributed by atoms with van der Waals surface area (Å²) in [5.41, 5.74) is 0.742. The van der Waals surface area contributed by atoms with Gasteiger partial charge in [-0.2, -0.15) is 0 Å². The average molecular weight is 329 g/mol. The molecule has 3 rings (SSSR count). The minimum atomic E-state index is -2.94. The zero-order valence-electron chi connectivity index (χ0n) is 12.4. The number of ether oxygens (including phenoxy) is 2. The van der Waals surface area contributed by atoms with E-state index in [2.05, 4.69) is 15.6 Å². The molecule has 8 heteroatoms. The number of hydrogen-bond acceptors (Lipinski definition) is 5. The number of alkyl halides is 2. The lowest BCUT2D eigenvalue weighted by molar-refractivity contribution is -0.0476. The first-order chi connectivity index (χ1) is 11.0. The predicted octanol–water partition coefficient (Wildman–Crippen LogP) is 2.49. The van der Waals surface area contributed by atoms with Crippen LogP contribution in [-0.4, -0.2) is 37.9 Å². The van der Waals surface area contributed by atoms with Crippen LogP contribution in [0, 0.1) is 5.82 Å². The van der Waals surface area contributed by atoms with Crippen LogP contribution in [0.25, 0.3) is 0 Å². The normalized spacial score (nSPS) is 23.1. The van der Waals surface area contributed by atoms with Crippen LogP contribution in [0.1, 0.15) is 18.4 Å². The summed E-state index contributed by atoms with van der Waals surface area (Å²) in [4.78, 5) is 3.61. The van der Waals surface area contributed by atoms with Gasteiger partial charge in [0.1, 0.15) is 12.8 Å². The monoisotopic (exact) mass is 329 g/mol. The molecule has 0 saturated carbocycles. The minimum absolute atomic E-state index is 0.00723. The number of rotatable bonds is 4. The molecule has 0 spiro atoms. The van der Waals surface area contributed by atoms with Crippen molar-refractivity contribution in [3.8, 4) is 0 Å². The van der Waals surface area contributed by atoms with Crippen molar-refractivity contribution in [2.75, 3.05) is 25.1 Å². The van der Waals surface area contributed by atoms with Crippen LogP contribution in [0.4, 0.5) is 18.9 Å². The largest absolute Gasteiger partial charge is 0.459 e. The SMILES string of the molecule is Fc1c(CNC2=NCC(F)(F)CO2)cccc1N[C@H]1CCCO1. The highest BCUT2D eigenvalue weighted by Crippen LogP contribution is 2.22. The van der Waals surface area contributed by atoms with Gasteiger partial charge < -0.3 is 20.1 Å². The molecule has 23 heavy (non-hydrogen) atoms. The molecule has 5 nitrogen and oxygen atoms in total. The molecule has 2 aliphatic heterocycles. The van der Waals surface area contributed by atoms with Crippen molar-refractivity contribution in [1.29, 1.82) is 0 Å². The maximum Gasteiger partial charge on any atom is 0.300 e.